The molecule has 0 aromatic heterocycles. The molecule has 0 spiro atoms. The van der Waals surface area contributed by atoms with E-state index in [2.05, 4.69) is 23.7 Å². The Morgan fingerprint density at radius 1 is 1.45 bits per heavy atom. The molecule has 0 aliphatic carbocycles. The van der Waals surface area contributed by atoms with E-state index in [1.54, 1.807) is 0 Å². The fraction of sp³-hybridized carbons (Fsp3) is 0.571. The van der Waals surface area contributed by atoms with E-state index in [4.69, 9.17) is 0 Å². The molecule has 0 saturated carbocycles. The lowest BCUT2D eigenvalue weighted by Gasteiger charge is -2.08. The third-order valence-corrected chi connectivity index (χ3v) is 2.62. The molecular weight excluding hydrogens is 176 g/mol. The molecule has 1 atom stereocenters. The summed E-state index contributed by atoms with van der Waals surface area (Å²) < 4.78 is 0. The highest BCUT2D eigenvalue weighted by Crippen LogP contribution is 1.94. The summed E-state index contributed by atoms with van der Waals surface area (Å²) in [4.78, 5) is 5.69. The zero-order valence-corrected chi connectivity index (χ0v) is 8.47. The van der Waals surface area contributed by atoms with Crippen molar-refractivity contribution in [2.75, 3.05) is 24.1 Å². The topological polar surface area (TPSA) is 16.8 Å². The summed E-state index contributed by atoms with van der Waals surface area (Å²) in [7, 11) is 0. The fourth-order valence-corrected chi connectivity index (χ4v) is 2.06. The number of hydrogen-bond donors (Lipinski definition) is 1. The molecule has 1 aliphatic heterocycles. The Kier molecular flexibility index (Phi) is 4.04. The molecule has 0 bridgehead atoms. The van der Waals surface area contributed by atoms with Crippen LogP contribution in [0.25, 0.3) is 0 Å². The molecule has 0 fully saturated rings. The largest absolute Gasteiger partial charge is 0.253 e. The summed E-state index contributed by atoms with van der Waals surface area (Å²) in [5.74, 6) is 3.39. The molecule has 11 heavy (non-hydrogen) atoms. The molecule has 1 heterocycles. The van der Waals surface area contributed by atoms with Crippen LogP contribution >= 0.6 is 23.5 Å². The fourth-order valence-electron chi connectivity index (χ4n) is 0.950. The van der Waals surface area contributed by atoms with Crippen molar-refractivity contribution >= 4 is 29.4 Å². The quantitative estimate of drug-likeness (QED) is 0.691. The van der Waals surface area contributed by atoms with Crippen molar-refractivity contribution in [3.63, 3.8) is 0 Å². The Morgan fingerprint density at radius 2 is 2.27 bits per heavy atom. The Morgan fingerprint density at radius 3 is 2.91 bits per heavy atom. The summed E-state index contributed by atoms with van der Waals surface area (Å²) in [5.41, 5.74) is 0. The van der Waals surface area contributed by atoms with Gasteiger partial charge in [-0.1, -0.05) is 0 Å². The predicted molar refractivity (Wildman–Crippen MR) is 54.3 cm³/mol. The van der Waals surface area contributed by atoms with Gasteiger partial charge in [0.15, 0.2) is 0 Å². The van der Waals surface area contributed by atoms with Gasteiger partial charge in [0, 0.05) is 0 Å². The number of quaternary nitrogens is 1. The monoisotopic (exact) mass is 189 g/mol. The molecule has 4 heteroatoms. The first kappa shape index (κ1) is 9.16. The van der Waals surface area contributed by atoms with E-state index in [9.17, 15) is 0 Å². The van der Waals surface area contributed by atoms with E-state index in [-0.39, 0.29) is 0 Å². The Balaban J connectivity index is 2.40. The van der Waals surface area contributed by atoms with Gasteiger partial charge in [0.05, 0.1) is 12.0 Å². The predicted octanol–water partition coefficient (Wildman–Crippen LogP) is 0.438. The number of rotatable bonds is 4. The van der Waals surface area contributed by atoms with E-state index in [0.29, 0.717) is 0 Å². The summed E-state index contributed by atoms with van der Waals surface area (Å²) in [5, 5.41) is 0. The minimum Gasteiger partial charge on any atom is -0.253 e. The molecule has 0 saturated heterocycles. The van der Waals surface area contributed by atoms with Crippen LogP contribution in [0.4, 0.5) is 0 Å². The Bertz CT molecular complexity index is 177. The standard InChI is InChI=1S/C7H12N2S2/c1-10-5-7-8-3-4-9(7)6-11-2/h3-4H,5-6H2,1-2H3/p+1. The summed E-state index contributed by atoms with van der Waals surface area (Å²) >= 11 is 3.68. The molecule has 1 rings (SSSR count). The summed E-state index contributed by atoms with van der Waals surface area (Å²) in [6.07, 6.45) is 8.24. The lowest BCUT2D eigenvalue weighted by atomic mass is 10.6. The van der Waals surface area contributed by atoms with Gasteiger partial charge in [-0.05, 0) is 12.5 Å². The molecule has 1 aliphatic rings. The Labute approximate surface area is 76.1 Å². The first-order valence-electron chi connectivity index (χ1n) is 3.45. The van der Waals surface area contributed by atoms with Crippen LogP contribution in [0.1, 0.15) is 0 Å². The maximum atomic E-state index is 4.29. The second-order valence-corrected chi connectivity index (χ2v) is 4.01. The number of thioether (sulfide) groups is 2. The first-order chi connectivity index (χ1) is 5.38. The Hall–Kier alpha value is 0.0700. The van der Waals surface area contributed by atoms with Crippen molar-refractivity contribution in [3.8, 4) is 0 Å². The molecular formula is C7H13N2S2+. The van der Waals surface area contributed by atoms with Crippen LogP contribution in [0.2, 0.25) is 0 Å². The normalized spacial score (nSPS) is 22.4. The lowest BCUT2D eigenvalue weighted by molar-refractivity contribution is -0.727. The van der Waals surface area contributed by atoms with Crippen molar-refractivity contribution in [2.45, 2.75) is 0 Å². The molecule has 62 valence electrons. The van der Waals surface area contributed by atoms with Gasteiger partial charge in [-0.3, -0.25) is 4.90 Å². The van der Waals surface area contributed by atoms with Crippen LogP contribution in [-0.2, 0) is 0 Å². The second-order valence-electron chi connectivity index (χ2n) is 2.28. The number of aliphatic imine (C=N–C) groups is 1. The SMILES string of the molecule is CSCC1=NC=C[NH+]1CSC. The van der Waals surface area contributed by atoms with Gasteiger partial charge in [0.1, 0.15) is 12.1 Å². The van der Waals surface area contributed by atoms with E-state index in [0.717, 1.165) is 11.6 Å². The average molecular weight is 189 g/mol. The van der Waals surface area contributed by atoms with Crippen LogP contribution in [0.3, 0.4) is 0 Å². The van der Waals surface area contributed by atoms with E-state index < -0.39 is 0 Å². The van der Waals surface area contributed by atoms with E-state index >= 15 is 0 Å². The molecule has 1 N–H and O–H groups in total. The van der Waals surface area contributed by atoms with E-state index in [1.165, 1.54) is 10.7 Å². The third kappa shape index (κ3) is 2.54. The second kappa shape index (κ2) is 4.85. The maximum absolute atomic E-state index is 4.29. The van der Waals surface area contributed by atoms with Gasteiger partial charge >= 0.3 is 0 Å². The molecule has 0 radical (unpaired) electrons. The van der Waals surface area contributed by atoms with Crippen LogP contribution in [-0.4, -0.2) is 30.0 Å². The van der Waals surface area contributed by atoms with Crippen molar-refractivity contribution in [1.29, 1.82) is 0 Å². The van der Waals surface area contributed by atoms with Crippen molar-refractivity contribution in [2.24, 2.45) is 4.99 Å². The number of nitrogens with zero attached hydrogens (tertiary/aromatic N) is 1. The van der Waals surface area contributed by atoms with Crippen molar-refractivity contribution in [3.05, 3.63) is 12.4 Å². The molecule has 0 aromatic carbocycles. The van der Waals surface area contributed by atoms with Crippen LogP contribution in [0.15, 0.2) is 17.4 Å². The number of nitrogens with one attached hydrogen (secondary N) is 1. The van der Waals surface area contributed by atoms with Gasteiger partial charge < -0.3 is 0 Å². The lowest BCUT2D eigenvalue weighted by Crippen LogP contribution is -3.09. The maximum Gasteiger partial charge on any atom is 0.216 e. The smallest absolute Gasteiger partial charge is 0.216 e. The van der Waals surface area contributed by atoms with Gasteiger partial charge in [-0.25, -0.2) is 4.99 Å². The van der Waals surface area contributed by atoms with Gasteiger partial charge in [0.25, 0.3) is 0 Å². The molecule has 0 amide bonds. The summed E-state index contributed by atoms with van der Waals surface area (Å²) in [6, 6.07) is 0. The number of amidine groups is 1. The molecule has 0 aromatic rings. The van der Waals surface area contributed by atoms with Crippen LogP contribution in [0, 0.1) is 0 Å². The van der Waals surface area contributed by atoms with E-state index in [1.807, 2.05) is 29.7 Å². The zero-order valence-electron chi connectivity index (χ0n) is 6.83. The minimum absolute atomic E-state index is 1.04. The van der Waals surface area contributed by atoms with Crippen molar-refractivity contribution in [1.82, 2.24) is 0 Å². The van der Waals surface area contributed by atoms with Crippen LogP contribution in [0.5, 0.6) is 0 Å². The molecule has 1 unspecified atom stereocenters. The van der Waals surface area contributed by atoms with Gasteiger partial charge in [0.2, 0.25) is 5.84 Å². The van der Waals surface area contributed by atoms with Crippen LogP contribution < -0.4 is 4.90 Å². The highest BCUT2D eigenvalue weighted by molar-refractivity contribution is 7.99. The highest BCUT2D eigenvalue weighted by atomic mass is 32.2. The van der Waals surface area contributed by atoms with Gasteiger partial charge in [-0.2, -0.15) is 11.8 Å². The minimum atomic E-state index is 1.04. The zero-order chi connectivity index (χ0) is 8.10. The third-order valence-electron chi connectivity index (χ3n) is 1.46. The summed E-state index contributed by atoms with van der Waals surface area (Å²) in [6.45, 7) is 0. The van der Waals surface area contributed by atoms with Gasteiger partial charge in [-0.15, -0.1) is 11.8 Å². The van der Waals surface area contributed by atoms with Crippen molar-refractivity contribution < 1.29 is 4.90 Å². The number of hydrogen-bond acceptors (Lipinski definition) is 3. The molecule has 2 nitrogen and oxygen atoms in total. The average Bonchev–Trinajstić information content (AvgIpc) is 2.39. The first-order valence-corrected chi connectivity index (χ1v) is 6.24. The highest BCUT2D eigenvalue weighted by Gasteiger charge is 2.16.